The van der Waals surface area contributed by atoms with Gasteiger partial charge in [-0.15, -0.1) is 0 Å². The van der Waals surface area contributed by atoms with Crippen molar-refractivity contribution in [3.63, 3.8) is 0 Å². The minimum atomic E-state index is -0.582. The SMILES string of the molecule is CCCS1(Cl)CCCC1. The number of hydrogen-bond acceptors (Lipinski definition) is 0. The van der Waals surface area contributed by atoms with Crippen molar-refractivity contribution in [3.05, 3.63) is 0 Å². The van der Waals surface area contributed by atoms with E-state index in [1.165, 1.54) is 36.5 Å². The summed E-state index contributed by atoms with van der Waals surface area (Å²) in [6, 6.07) is 0. The van der Waals surface area contributed by atoms with Crippen LogP contribution in [0.2, 0.25) is 0 Å². The van der Waals surface area contributed by atoms with Gasteiger partial charge < -0.3 is 0 Å². The average Bonchev–Trinajstić information content (AvgIpc) is 2.16. The first-order valence-electron chi connectivity index (χ1n) is 3.73. The van der Waals surface area contributed by atoms with E-state index >= 15 is 0 Å². The maximum Gasteiger partial charge on any atom is -0.0100 e. The van der Waals surface area contributed by atoms with Crippen molar-refractivity contribution >= 4 is 19.9 Å². The van der Waals surface area contributed by atoms with Crippen LogP contribution in [0.25, 0.3) is 0 Å². The lowest BCUT2D eigenvalue weighted by Gasteiger charge is -2.25. The van der Waals surface area contributed by atoms with Gasteiger partial charge in [-0.25, -0.2) is 0 Å². The highest BCUT2D eigenvalue weighted by molar-refractivity contribution is 8.51. The van der Waals surface area contributed by atoms with Crippen LogP contribution < -0.4 is 0 Å². The topological polar surface area (TPSA) is 0 Å². The van der Waals surface area contributed by atoms with Gasteiger partial charge in [-0.2, -0.15) is 9.24 Å². The molecule has 9 heavy (non-hydrogen) atoms. The summed E-state index contributed by atoms with van der Waals surface area (Å²) in [6.07, 6.45) is 4.05. The summed E-state index contributed by atoms with van der Waals surface area (Å²) in [7, 11) is 5.77. The Morgan fingerprint density at radius 2 is 1.89 bits per heavy atom. The van der Waals surface area contributed by atoms with Crippen LogP contribution in [-0.4, -0.2) is 17.3 Å². The van der Waals surface area contributed by atoms with Crippen molar-refractivity contribution in [2.75, 3.05) is 17.3 Å². The third kappa shape index (κ3) is 2.05. The van der Waals surface area contributed by atoms with E-state index in [2.05, 4.69) is 6.92 Å². The van der Waals surface area contributed by atoms with Crippen molar-refractivity contribution in [1.82, 2.24) is 0 Å². The summed E-state index contributed by atoms with van der Waals surface area (Å²) in [5, 5.41) is 0. The predicted molar refractivity (Wildman–Crippen MR) is 47.6 cm³/mol. The van der Waals surface area contributed by atoms with Gasteiger partial charge in [0.15, 0.2) is 0 Å². The Bertz CT molecular complexity index is 86.9. The third-order valence-corrected chi connectivity index (χ3v) is 6.41. The van der Waals surface area contributed by atoms with Gasteiger partial charge in [-0.3, -0.25) is 0 Å². The standard InChI is InChI=1S/C7H15ClS/c1-2-5-9(8)6-3-4-7-9/h2-7H2,1H3. The van der Waals surface area contributed by atoms with E-state index in [1.54, 1.807) is 0 Å². The Morgan fingerprint density at radius 1 is 1.33 bits per heavy atom. The van der Waals surface area contributed by atoms with Crippen LogP contribution in [0.4, 0.5) is 0 Å². The lowest BCUT2D eigenvalue weighted by molar-refractivity contribution is 0.949. The Kier molecular flexibility index (Phi) is 2.72. The first kappa shape index (κ1) is 7.74. The molecule has 1 heterocycles. The summed E-state index contributed by atoms with van der Waals surface area (Å²) in [5.41, 5.74) is 0. The van der Waals surface area contributed by atoms with E-state index in [-0.39, 0.29) is 0 Å². The fraction of sp³-hybridized carbons (Fsp3) is 1.00. The molecule has 0 amide bonds. The maximum atomic E-state index is 6.35. The van der Waals surface area contributed by atoms with Gasteiger partial charge in [0.25, 0.3) is 0 Å². The van der Waals surface area contributed by atoms with Gasteiger partial charge in [0.1, 0.15) is 0 Å². The lowest BCUT2D eigenvalue weighted by atomic mass is 10.4. The highest BCUT2D eigenvalue weighted by Crippen LogP contribution is 2.58. The molecule has 0 aromatic heterocycles. The molecule has 0 bridgehead atoms. The van der Waals surface area contributed by atoms with Crippen molar-refractivity contribution in [2.24, 2.45) is 0 Å². The van der Waals surface area contributed by atoms with E-state index in [9.17, 15) is 0 Å². The molecule has 0 aromatic rings. The molecule has 0 radical (unpaired) electrons. The molecule has 0 atom stereocenters. The van der Waals surface area contributed by atoms with Crippen LogP contribution in [0.1, 0.15) is 26.2 Å². The molecule has 2 heteroatoms. The van der Waals surface area contributed by atoms with Gasteiger partial charge in [0.2, 0.25) is 0 Å². The summed E-state index contributed by atoms with van der Waals surface area (Å²) in [6.45, 7) is 2.23. The first-order chi connectivity index (χ1) is 4.27. The van der Waals surface area contributed by atoms with Gasteiger partial charge >= 0.3 is 0 Å². The Balaban J connectivity index is 2.32. The average molecular weight is 167 g/mol. The molecule has 0 N–H and O–H groups in total. The number of rotatable bonds is 2. The minimum Gasteiger partial charge on any atom is -0.163 e. The Hall–Kier alpha value is 0.640. The van der Waals surface area contributed by atoms with Gasteiger partial charge in [-0.05, 0) is 36.5 Å². The Labute approximate surface area is 63.8 Å². The highest BCUT2D eigenvalue weighted by Gasteiger charge is 2.24. The molecule has 1 aliphatic rings. The summed E-state index contributed by atoms with van der Waals surface area (Å²) in [4.78, 5) is 0. The largest absolute Gasteiger partial charge is 0.163 e. The molecule has 0 saturated carbocycles. The molecule has 0 nitrogen and oxygen atoms in total. The molecule has 1 fully saturated rings. The summed E-state index contributed by atoms with van der Waals surface area (Å²) in [5.74, 6) is 3.97. The van der Waals surface area contributed by atoms with Crippen LogP contribution >= 0.6 is 19.9 Å². The highest BCUT2D eigenvalue weighted by atomic mass is 35.7. The van der Waals surface area contributed by atoms with Gasteiger partial charge in [-0.1, -0.05) is 17.6 Å². The fourth-order valence-electron chi connectivity index (χ4n) is 1.39. The van der Waals surface area contributed by atoms with E-state index in [4.69, 9.17) is 10.7 Å². The molecular weight excluding hydrogens is 152 g/mol. The molecule has 0 spiro atoms. The van der Waals surface area contributed by atoms with E-state index in [1.807, 2.05) is 0 Å². The second-order valence-corrected chi connectivity index (χ2v) is 7.83. The van der Waals surface area contributed by atoms with E-state index in [0.717, 1.165) is 0 Å². The maximum absolute atomic E-state index is 6.35. The third-order valence-electron chi connectivity index (χ3n) is 1.84. The van der Waals surface area contributed by atoms with Crippen LogP contribution in [0.5, 0.6) is 0 Å². The van der Waals surface area contributed by atoms with Crippen molar-refractivity contribution in [3.8, 4) is 0 Å². The first-order valence-corrected chi connectivity index (χ1v) is 6.69. The second-order valence-electron chi connectivity index (χ2n) is 2.76. The summed E-state index contributed by atoms with van der Waals surface area (Å²) >= 11 is 0. The molecule has 0 unspecified atom stereocenters. The van der Waals surface area contributed by atoms with E-state index in [0.29, 0.717) is 0 Å². The predicted octanol–water partition coefficient (Wildman–Crippen LogP) is 3.15. The molecule has 1 aliphatic heterocycles. The smallest absolute Gasteiger partial charge is 0.0100 e. The van der Waals surface area contributed by atoms with Crippen molar-refractivity contribution in [2.45, 2.75) is 26.2 Å². The monoisotopic (exact) mass is 166 g/mol. The second kappa shape index (κ2) is 3.16. The summed E-state index contributed by atoms with van der Waals surface area (Å²) < 4.78 is 0. The molecule has 0 aliphatic carbocycles. The normalized spacial score (nSPS) is 28.2. The molecule has 1 rings (SSSR count). The number of hydrogen-bond donors (Lipinski definition) is 0. The molecular formula is C7H15ClS. The molecule has 0 aromatic carbocycles. The van der Waals surface area contributed by atoms with Crippen LogP contribution in [0.3, 0.4) is 0 Å². The van der Waals surface area contributed by atoms with Crippen LogP contribution in [0.15, 0.2) is 0 Å². The van der Waals surface area contributed by atoms with Crippen molar-refractivity contribution in [1.29, 1.82) is 0 Å². The molecule has 1 saturated heterocycles. The quantitative estimate of drug-likeness (QED) is 0.592. The van der Waals surface area contributed by atoms with Gasteiger partial charge in [0.05, 0.1) is 0 Å². The van der Waals surface area contributed by atoms with Crippen LogP contribution in [-0.2, 0) is 0 Å². The Morgan fingerprint density at radius 3 is 2.33 bits per heavy atom. The fourth-order valence-corrected chi connectivity index (χ4v) is 5.30. The lowest BCUT2D eigenvalue weighted by Crippen LogP contribution is -1.97. The zero-order valence-corrected chi connectivity index (χ0v) is 7.60. The molecule has 56 valence electrons. The van der Waals surface area contributed by atoms with E-state index < -0.39 is 9.24 Å². The zero-order valence-electron chi connectivity index (χ0n) is 6.03. The minimum absolute atomic E-state index is 0.582. The van der Waals surface area contributed by atoms with Gasteiger partial charge in [0, 0.05) is 0 Å². The number of halogens is 1. The van der Waals surface area contributed by atoms with Crippen molar-refractivity contribution < 1.29 is 0 Å². The zero-order chi connectivity index (χ0) is 6.74. The van der Waals surface area contributed by atoms with Crippen LogP contribution in [0, 0.1) is 0 Å².